The molecule has 0 aliphatic carbocycles. The number of carbonyl (C=O) groups excluding carboxylic acids is 1. The van der Waals surface area contributed by atoms with Crippen molar-refractivity contribution in [1.29, 1.82) is 0 Å². The zero-order valence-corrected chi connectivity index (χ0v) is 6.87. The Morgan fingerprint density at radius 1 is 1.42 bits per heavy atom. The lowest BCUT2D eigenvalue weighted by atomic mass is 10.2. The Balaban J connectivity index is 2.65. The molecular formula is C9H11N2O. The highest BCUT2D eigenvalue weighted by molar-refractivity contribution is 5.73. The van der Waals surface area contributed by atoms with Gasteiger partial charge in [-0.05, 0) is 5.56 Å². The smallest absolute Gasteiger partial charge is 0.218 e. The van der Waals surface area contributed by atoms with E-state index in [4.69, 9.17) is 5.73 Å². The van der Waals surface area contributed by atoms with Crippen LogP contribution < -0.4 is 11.1 Å². The van der Waals surface area contributed by atoms with E-state index in [9.17, 15) is 4.79 Å². The second-order valence-electron chi connectivity index (χ2n) is 2.54. The number of benzene rings is 1. The summed E-state index contributed by atoms with van der Waals surface area (Å²) >= 11 is 0. The van der Waals surface area contributed by atoms with Gasteiger partial charge in [-0.15, -0.1) is 0 Å². The molecule has 1 unspecified atom stereocenters. The van der Waals surface area contributed by atoms with Crippen LogP contribution in [0.5, 0.6) is 0 Å². The van der Waals surface area contributed by atoms with Crippen LogP contribution in [-0.4, -0.2) is 5.91 Å². The second kappa shape index (κ2) is 3.88. The molecule has 1 radical (unpaired) electrons. The van der Waals surface area contributed by atoms with Crippen LogP contribution in [0.1, 0.15) is 18.7 Å². The van der Waals surface area contributed by atoms with Gasteiger partial charge < -0.3 is 5.32 Å². The van der Waals surface area contributed by atoms with Gasteiger partial charge in [0.1, 0.15) is 6.17 Å². The number of rotatable bonds is 2. The highest BCUT2D eigenvalue weighted by atomic mass is 16.1. The van der Waals surface area contributed by atoms with Gasteiger partial charge in [0.25, 0.3) is 0 Å². The maximum atomic E-state index is 10.6. The summed E-state index contributed by atoms with van der Waals surface area (Å²) < 4.78 is 0. The quantitative estimate of drug-likeness (QED) is 0.697. The van der Waals surface area contributed by atoms with Crippen LogP contribution in [0.25, 0.3) is 0 Å². The Labute approximate surface area is 71.6 Å². The van der Waals surface area contributed by atoms with E-state index < -0.39 is 6.17 Å². The summed E-state index contributed by atoms with van der Waals surface area (Å²) in [5, 5.41) is 2.49. The van der Waals surface area contributed by atoms with Gasteiger partial charge in [0.15, 0.2) is 0 Å². The lowest BCUT2D eigenvalue weighted by Gasteiger charge is -2.10. The molecule has 0 aliphatic rings. The molecule has 0 aromatic heterocycles. The Morgan fingerprint density at radius 2 is 2.00 bits per heavy atom. The maximum absolute atomic E-state index is 10.6. The van der Waals surface area contributed by atoms with Crippen LogP contribution in [0.2, 0.25) is 0 Å². The molecule has 0 saturated carbocycles. The third-order valence-electron chi connectivity index (χ3n) is 1.48. The summed E-state index contributed by atoms with van der Waals surface area (Å²) in [6, 6.07) is 9.20. The molecule has 1 aromatic rings. The summed E-state index contributed by atoms with van der Waals surface area (Å²) in [4.78, 5) is 10.6. The number of nitrogens with one attached hydrogen (secondary N) is 2. The van der Waals surface area contributed by atoms with Gasteiger partial charge in [-0.25, -0.2) is 5.73 Å². The molecule has 0 saturated heterocycles. The van der Waals surface area contributed by atoms with Crippen molar-refractivity contribution in [2.45, 2.75) is 13.1 Å². The minimum Gasteiger partial charge on any atom is -0.336 e. The predicted molar refractivity (Wildman–Crippen MR) is 46.1 cm³/mol. The van der Waals surface area contributed by atoms with E-state index in [1.807, 2.05) is 30.3 Å². The molecule has 0 bridgehead atoms. The highest BCUT2D eigenvalue weighted by Gasteiger charge is 2.05. The molecule has 0 heterocycles. The van der Waals surface area contributed by atoms with E-state index in [0.717, 1.165) is 5.56 Å². The van der Waals surface area contributed by atoms with E-state index in [1.165, 1.54) is 6.92 Å². The molecule has 1 aromatic carbocycles. The Morgan fingerprint density at radius 3 is 2.50 bits per heavy atom. The summed E-state index contributed by atoms with van der Waals surface area (Å²) in [5.41, 5.74) is 8.31. The average molecular weight is 163 g/mol. The van der Waals surface area contributed by atoms with Crippen molar-refractivity contribution in [3.05, 3.63) is 35.9 Å². The second-order valence-corrected chi connectivity index (χ2v) is 2.54. The molecule has 1 amide bonds. The first-order valence-electron chi connectivity index (χ1n) is 3.73. The summed E-state index contributed by atoms with van der Waals surface area (Å²) in [5.74, 6) is -0.182. The van der Waals surface area contributed by atoms with Gasteiger partial charge in [0, 0.05) is 6.92 Å². The van der Waals surface area contributed by atoms with Crippen LogP contribution in [0.3, 0.4) is 0 Å². The van der Waals surface area contributed by atoms with Crippen LogP contribution in [-0.2, 0) is 4.79 Å². The van der Waals surface area contributed by atoms with Crippen LogP contribution >= 0.6 is 0 Å². The number of hydrogen-bond donors (Lipinski definition) is 1. The summed E-state index contributed by atoms with van der Waals surface area (Å²) in [7, 11) is 0. The van der Waals surface area contributed by atoms with Crippen molar-refractivity contribution >= 4 is 5.91 Å². The van der Waals surface area contributed by atoms with Gasteiger partial charge in [-0.3, -0.25) is 4.79 Å². The van der Waals surface area contributed by atoms with Crippen molar-refractivity contribution in [3.63, 3.8) is 0 Å². The van der Waals surface area contributed by atoms with Gasteiger partial charge in [-0.2, -0.15) is 0 Å². The molecule has 3 heteroatoms. The van der Waals surface area contributed by atoms with Crippen LogP contribution in [0, 0.1) is 0 Å². The molecule has 3 nitrogen and oxygen atoms in total. The Kier molecular flexibility index (Phi) is 2.82. The highest BCUT2D eigenvalue weighted by Crippen LogP contribution is 2.06. The normalized spacial score (nSPS) is 12.2. The van der Waals surface area contributed by atoms with Gasteiger partial charge >= 0.3 is 0 Å². The van der Waals surface area contributed by atoms with Crippen molar-refractivity contribution in [1.82, 2.24) is 11.1 Å². The van der Waals surface area contributed by atoms with E-state index in [-0.39, 0.29) is 5.91 Å². The van der Waals surface area contributed by atoms with Crippen molar-refractivity contribution in [2.75, 3.05) is 0 Å². The minimum atomic E-state index is -0.649. The SMILES string of the molecule is CC(=O)NC([NH])c1ccccc1. The molecule has 12 heavy (non-hydrogen) atoms. The topological polar surface area (TPSA) is 52.9 Å². The van der Waals surface area contributed by atoms with Crippen LogP contribution in [0.4, 0.5) is 0 Å². The standard InChI is InChI=1S/C9H11N2O/c1-7(12)11-9(10)8-5-3-2-4-6-8/h2-6,9-10H,1H3,(H,11,12). The predicted octanol–water partition coefficient (Wildman–Crippen LogP) is 1.10. The molecule has 0 aliphatic heterocycles. The molecule has 0 spiro atoms. The number of carbonyl (C=O) groups is 1. The third-order valence-corrected chi connectivity index (χ3v) is 1.48. The fourth-order valence-corrected chi connectivity index (χ4v) is 0.932. The minimum absolute atomic E-state index is 0.182. The van der Waals surface area contributed by atoms with E-state index in [1.54, 1.807) is 0 Å². The Hall–Kier alpha value is -1.35. The molecular weight excluding hydrogens is 152 g/mol. The maximum Gasteiger partial charge on any atom is 0.218 e. The van der Waals surface area contributed by atoms with Crippen molar-refractivity contribution < 1.29 is 4.79 Å². The Bertz CT molecular complexity index is 258. The zero-order chi connectivity index (χ0) is 8.97. The fraction of sp³-hybridized carbons (Fsp3) is 0.222. The van der Waals surface area contributed by atoms with Crippen LogP contribution in [0.15, 0.2) is 30.3 Å². The largest absolute Gasteiger partial charge is 0.336 e. The number of hydrogen-bond acceptors (Lipinski definition) is 1. The number of amides is 1. The first kappa shape index (κ1) is 8.74. The molecule has 2 N–H and O–H groups in total. The lowest BCUT2D eigenvalue weighted by Crippen LogP contribution is -2.26. The van der Waals surface area contributed by atoms with Gasteiger partial charge in [0.05, 0.1) is 0 Å². The zero-order valence-electron chi connectivity index (χ0n) is 6.87. The molecule has 63 valence electrons. The van der Waals surface area contributed by atoms with E-state index in [0.29, 0.717) is 0 Å². The monoisotopic (exact) mass is 163 g/mol. The lowest BCUT2D eigenvalue weighted by molar-refractivity contribution is -0.119. The van der Waals surface area contributed by atoms with Crippen molar-refractivity contribution in [2.24, 2.45) is 0 Å². The van der Waals surface area contributed by atoms with Crippen molar-refractivity contribution in [3.8, 4) is 0 Å². The fourth-order valence-electron chi connectivity index (χ4n) is 0.932. The first-order valence-corrected chi connectivity index (χ1v) is 3.73. The van der Waals surface area contributed by atoms with E-state index >= 15 is 0 Å². The summed E-state index contributed by atoms with van der Waals surface area (Å²) in [6.07, 6.45) is -0.649. The first-order chi connectivity index (χ1) is 5.70. The van der Waals surface area contributed by atoms with E-state index in [2.05, 4.69) is 5.32 Å². The average Bonchev–Trinajstić information content (AvgIpc) is 2.05. The molecule has 0 fully saturated rings. The van der Waals surface area contributed by atoms with Gasteiger partial charge in [0.2, 0.25) is 5.91 Å². The van der Waals surface area contributed by atoms with Gasteiger partial charge in [-0.1, -0.05) is 30.3 Å². The molecule has 1 atom stereocenters. The third kappa shape index (κ3) is 2.36. The molecule has 1 rings (SSSR count). The summed E-state index contributed by atoms with van der Waals surface area (Å²) in [6.45, 7) is 1.41.